The minimum Gasteiger partial charge on any atom is -0.459 e. The second kappa shape index (κ2) is 8.87. The van der Waals surface area contributed by atoms with Crippen LogP contribution in [0.5, 0.6) is 5.75 Å². The van der Waals surface area contributed by atoms with Crippen molar-refractivity contribution >= 4 is 17.5 Å². The number of nitrogens with one attached hydrogen (secondary N) is 1. The number of nitrogens with zero attached hydrogens (tertiary/aromatic N) is 3. The Balaban J connectivity index is 1.38. The van der Waals surface area contributed by atoms with Crippen LogP contribution in [0.4, 0.5) is 20.4 Å². The molecule has 8 nitrogen and oxygen atoms in total. The first-order valence-electron chi connectivity index (χ1n) is 9.59. The fourth-order valence-corrected chi connectivity index (χ4v) is 3.44. The quantitative estimate of drug-likeness (QED) is 0.625. The first-order chi connectivity index (χ1) is 15.0. The average Bonchev–Trinajstić information content (AvgIpc) is 3.43. The van der Waals surface area contributed by atoms with Gasteiger partial charge in [-0.15, -0.1) is 0 Å². The summed E-state index contributed by atoms with van der Waals surface area (Å²) in [7, 11) is 0. The summed E-state index contributed by atoms with van der Waals surface area (Å²) in [5.74, 6) is 0.503. The molecule has 1 aliphatic rings. The summed E-state index contributed by atoms with van der Waals surface area (Å²) in [4.78, 5) is 18.7. The van der Waals surface area contributed by atoms with Crippen molar-refractivity contribution < 1.29 is 27.1 Å². The van der Waals surface area contributed by atoms with Crippen LogP contribution in [0.2, 0.25) is 0 Å². The van der Waals surface area contributed by atoms with Gasteiger partial charge in [0.15, 0.2) is 5.76 Å². The van der Waals surface area contributed by atoms with E-state index in [1.54, 1.807) is 18.2 Å². The molecule has 160 valence electrons. The van der Waals surface area contributed by atoms with Crippen molar-refractivity contribution in [3.05, 3.63) is 48.4 Å². The number of rotatable bonds is 6. The summed E-state index contributed by atoms with van der Waals surface area (Å²) in [6.07, 6.45) is 2.55. The number of benzene rings is 1. The molecule has 0 unspecified atom stereocenters. The number of hydrogen-bond acceptors (Lipinski definition) is 7. The predicted octanol–water partition coefficient (Wildman–Crippen LogP) is 4.26. The number of oxazole rings is 1. The normalized spacial score (nSPS) is 14.5. The van der Waals surface area contributed by atoms with E-state index in [2.05, 4.69) is 15.0 Å². The second-order valence-corrected chi connectivity index (χ2v) is 6.92. The Labute approximate surface area is 176 Å². The highest BCUT2D eigenvalue weighted by Crippen LogP contribution is 2.31. The highest BCUT2D eigenvalue weighted by atomic mass is 19.3. The number of furan rings is 1. The number of carbonyl (C=O) groups is 1. The molecule has 1 saturated heterocycles. The lowest BCUT2D eigenvalue weighted by atomic mass is 9.96. The van der Waals surface area contributed by atoms with Crippen LogP contribution in [-0.2, 0) is 4.79 Å². The van der Waals surface area contributed by atoms with Crippen LogP contribution in [-0.4, -0.2) is 30.6 Å². The van der Waals surface area contributed by atoms with Crippen LogP contribution in [0.3, 0.4) is 0 Å². The molecule has 1 aromatic carbocycles. The van der Waals surface area contributed by atoms with Crippen molar-refractivity contribution in [3.63, 3.8) is 0 Å². The van der Waals surface area contributed by atoms with E-state index in [0.717, 1.165) is 0 Å². The van der Waals surface area contributed by atoms with Gasteiger partial charge >= 0.3 is 6.61 Å². The van der Waals surface area contributed by atoms with Gasteiger partial charge in [-0.2, -0.15) is 19.0 Å². The number of carbonyl (C=O) groups excluding carboxylic acids is 1. The Kier molecular flexibility index (Phi) is 5.84. The molecule has 1 amide bonds. The second-order valence-electron chi connectivity index (χ2n) is 6.92. The lowest BCUT2D eigenvalue weighted by molar-refractivity contribution is -0.120. The molecule has 10 heteroatoms. The van der Waals surface area contributed by atoms with Crippen LogP contribution in [0.15, 0.2) is 51.5 Å². The number of halogens is 2. The molecule has 0 atom stereocenters. The third kappa shape index (κ3) is 4.66. The first kappa shape index (κ1) is 20.4. The molecule has 0 aliphatic carbocycles. The Morgan fingerprint density at radius 1 is 1.29 bits per heavy atom. The summed E-state index contributed by atoms with van der Waals surface area (Å²) in [6.45, 7) is -1.94. The molecule has 1 N–H and O–H groups in total. The maximum atomic E-state index is 12.6. The minimum atomic E-state index is -2.93. The van der Waals surface area contributed by atoms with Gasteiger partial charge in [-0.25, -0.2) is 0 Å². The van der Waals surface area contributed by atoms with Crippen molar-refractivity contribution in [1.82, 2.24) is 4.98 Å². The van der Waals surface area contributed by atoms with E-state index in [1.807, 2.05) is 11.0 Å². The number of amides is 1. The van der Waals surface area contributed by atoms with Gasteiger partial charge in [0.2, 0.25) is 17.5 Å². The van der Waals surface area contributed by atoms with Gasteiger partial charge in [0.25, 0.3) is 5.89 Å². The zero-order chi connectivity index (χ0) is 21.8. The first-order valence-corrected chi connectivity index (χ1v) is 9.59. The van der Waals surface area contributed by atoms with E-state index in [-0.39, 0.29) is 29.2 Å². The number of ether oxygens (including phenoxy) is 1. The molecule has 2 aromatic heterocycles. The summed E-state index contributed by atoms with van der Waals surface area (Å²) in [5, 5.41) is 12.1. The van der Waals surface area contributed by atoms with Crippen molar-refractivity contribution in [2.24, 2.45) is 5.92 Å². The summed E-state index contributed by atoms with van der Waals surface area (Å²) < 4.78 is 40.1. The predicted molar refractivity (Wildman–Crippen MR) is 106 cm³/mol. The van der Waals surface area contributed by atoms with Gasteiger partial charge < -0.3 is 23.8 Å². The minimum absolute atomic E-state index is 0.0238. The standard InChI is InChI=1S/C21H18F2N4O4/c22-21(23)30-15-4-1-3-14(11-15)25-18(28)13-6-8-27(9-7-13)20-16(12-24)26-19(31-20)17-5-2-10-29-17/h1-5,10-11,13,21H,6-9H2,(H,25,28). The molecular weight excluding hydrogens is 410 g/mol. The third-order valence-corrected chi connectivity index (χ3v) is 4.93. The van der Waals surface area contributed by atoms with E-state index in [9.17, 15) is 18.8 Å². The molecule has 1 aliphatic heterocycles. The van der Waals surface area contributed by atoms with Crippen molar-refractivity contribution in [1.29, 1.82) is 5.26 Å². The van der Waals surface area contributed by atoms with Crippen LogP contribution < -0.4 is 15.0 Å². The van der Waals surface area contributed by atoms with Gasteiger partial charge in [0, 0.05) is 30.8 Å². The number of alkyl halides is 2. The zero-order valence-electron chi connectivity index (χ0n) is 16.3. The van der Waals surface area contributed by atoms with E-state index < -0.39 is 6.61 Å². The fourth-order valence-electron chi connectivity index (χ4n) is 3.44. The maximum absolute atomic E-state index is 12.6. The molecule has 3 aromatic rings. The SMILES string of the molecule is N#Cc1nc(-c2ccco2)oc1N1CCC(C(=O)Nc2cccc(OC(F)F)c2)CC1. The summed E-state index contributed by atoms with van der Waals surface area (Å²) >= 11 is 0. The highest BCUT2D eigenvalue weighted by Gasteiger charge is 2.29. The van der Waals surface area contributed by atoms with E-state index in [4.69, 9.17) is 8.83 Å². The molecule has 0 bridgehead atoms. The van der Waals surface area contributed by atoms with E-state index >= 15 is 0 Å². The summed E-state index contributed by atoms with van der Waals surface area (Å²) in [6, 6.07) is 11.3. The lowest BCUT2D eigenvalue weighted by Crippen LogP contribution is -2.38. The molecule has 31 heavy (non-hydrogen) atoms. The third-order valence-electron chi connectivity index (χ3n) is 4.93. The Bertz CT molecular complexity index is 1080. The van der Waals surface area contributed by atoms with Crippen molar-refractivity contribution in [3.8, 4) is 23.5 Å². The average molecular weight is 428 g/mol. The number of hydrogen-bond donors (Lipinski definition) is 1. The smallest absolute Gasteiger partial charge is 0.387 e. The zero-order valence-corrected chi connectivity index (χ0v) is 16.3. The van der Waals surface area contributed by atoms with Gasteiger partial charge in [-0.05, 0) is 37.1 Å². The van der Waals surface area contributed by atoms with Crippen molar-refractivity contribution in [2.45, 2.75) is 19.5 Å². The largest absolute Gasteiger partial charge is 0.459 e. The van der Waals surface area contributed by atoms with E-state index in [0.29, 0.717) is 43.3 Å². The fraction of sp³-hybridized carbons (Fsp3) is 0.286. The number of nitriles is 1. The van der Waals surface area contributed by atoms with Gasteiger partial charge in [-0.1, -0.05) is 6.07 Å². The Morgan fingerprint density at radius 3 is 2.77 bits per heavy atom. The Hall–Kier alpha value is -3.87. The molecule has 0 radical (unpaired) electrons. The monoisotopic (exact) mass is 428 g/mol. The topological polar surface area (TPSA) is 105 Å². The van der Waals surface area contributed by atoms with Gasteiger partial charge in [-0.3, -0.25) is 4.79 Å². The Morgan fingerprint density at radius 2 is 2.10 bits per heavy atom. The van der Waals surface area contributed by atoms with Crippen LogP contribution in [0, 0.1) is 17.2 Å². The molecule has 0 spiro atoms. The van der Waals surface area contributed by atoms with Crippen LogP contribution in [0.1, 0.15) is 18.5 Å². The number of piperidine rings is 1. The molecule has 1 fully saturated rings. The van der Waals surface area contributed by atoms with Crippen LogP contribution >= 0.6 is 0 Å². The maximum Gasteiger partial charge on any atom is 0.387 e. The molecule has 4 rings (SSSR count). The molecule has 0 saturated carbocycles. The van der Waals surface area contributed by atoms with Gasteiger partial charge in [0.05, 0.1) is 6.26 Å². The highest BCUT2D eigenvalue weighted by molar-refractivity contribution is 5.92. The molecule has 3 heterocycles. The number of aromatic nitrogens is 1. The van der Waals surface area contributed by atoms with Gasteiger partial charge in [0.1, 0.15) is 11.8 Å². The summed E-state index contributed by atoms with van der Waals surface area (Å²) in [5.41, 5.74) is 0.542. The lowest BCUT2D eigenvalue weighted by Gasteiger charge is -2.31. The number of anilines is 2. The molecular formula is C21H18F2N4O4. The van der Waals surface area contributed by atoms with Crippen molar-refractivity contribution in [2.75, 3.05) is 23.3 Å². The van der Waals surface area contributed by atoms with E-state index in [1.165, 1.54) is 24.5 Å². The van der Waals surface area contributed by atoms with Crippen LogP contribution in [0.25, 0.3) is 11.7 Å².